The van der Waals surface area contributed by atoms with E-state index in [-0.39, 0.29) is 29.7 Å². The molecule has 2 N–H and O–H groups in total. The van der Waals surface area contributed by atoms with Crippen molar-refractivity contribution in [1.29, 1.82) is 0 Å². The Morgan fingerprint density at radius 1 is 1.25 bits per heavy atom. The molecule has 0 unspecified atom stereocenters. The van der Waals surface area contributed by atoms with Crippen molar-refractivity contribution in [2.75, 3.05) is 32.9 Å². The highest BCUT2D eigenvalue weighted by Gasteiger charge is 2.11. The number of unbranched alkanes of at least 4 members (excludes halogenated alkanes) is 1. The molecule has 0 amide bonds. The van der Waals surface area contributed by atoms with E-state index >= 15 is 0 Å². The van der Waals surface area contributed by atoms with E-state index < -0.39 is 10.0 Å². The van der Waals surface area contributed by atoms with Crippen molar-refractivity contribution >= 4 is 40.0 Å². The molecule has 0 spiro atoms. The number of hydrogen-bond donors (Lipinski definition) is 2. The molecule has 0 aromatic heterocycles. The molecule has 0 saturated heterocycles. The third kappa shape index (κ3) is 9.43. The SMILES string of the molecule is CCCCN(C)C(=NC)NCCS(=O)(=O)NCc1ccccc1.I. The molecule has 1 aromatic carbocycles. The molecule has 0 saturated carbocycles. The number of sulfonamides is 1. The highest BCUT2D eigenvalue weighted by atomic mass is 127. The predicted molar refractivity (Wildman–Crippen MR) is 111 cm³/mol. The van der Waals surface area contributed by atoms with Crippen molar-refractivity contribution in [1.82, 2.24) is 14.9 Å². The van der Waals surface area contributed by atoms with Crippen molar-refractivity contribution in [2.45, 2.75) is 26.3 Å². The van der Waals surface area contributed by atoms with Crippen LogP contribution in [0.3, 0.4) is 0 Å². The summed E-state index contributed by atoms with van der Waals surface area (Å²) in [6.45, 7) is 3.67. The van der Waals surface area contributed by atoms with Crippen molar-refractivity contribution < 1.29 is 8.42 Å². The molecular formula is C16H29IN4O2S. The van der Waals surface area contributed by atoms with Crippen LogP contribution in [0.1, 0.15) is 25.3 Å². The zero-order chi connectivity index (χ0) is 17.1. The lowest BCUT2D eigenvalue weighted by atomic mass is 10.2. The van der Waals surface area contributed by atoms with Crippen molar-refractivity contribution in [2.24, 2.45) is 4.99 Å². The van der Waals surface area contributed by atoms with Gasteiger partial charge in [0, 0.05) is 33.7 Å². The molecule has 138 valence electrons. The molecule has 1 aromatic rings. The first-order valence-electron chi connectivity index (χ1n) is 7.91. The van der Waals surface area contributed by atoms with Gasteiger partial charge in [-0.1, -0.05) is 43.7 Å². The Balaban J connectivity index is 0.00000529. The van der Waals surface area contributed by atoms with E-state index in [1.54, 1.807) is 7.05 Å². The Morgan fingerprint density at radius 3 is 2.50 bits per heavy atom. The lowest BCUT2D eigenvalue weighted by Gasteiger charge is -2.21. The van der Waals surface area contributed by atoms with Gasteiger partial charge < -0.3 is 10.2 Å². The number of hydrogen-bond acceptors (Lipinski definition) is 3. The second-order valence-electron chi connectivity index (χ2n) is 5.37. The number of rotatable bonds is 9. The third-order valence-corrected chi connectivity index (χ3v) is 4.74. The van der Waals surface area contributed by atoms with E-state index in [9.17, 15) is 8.42 Å². The minimum Gasteiger partial charge on any atom is -0.355 e. The summed E-state index contributed by atoms with van der Waals surface area (Å²) in [5.74, 6) is 0.734. The summed E-state index contributed by atoms with van der Waals surface area (Å²) in [6.07, 6.45) is 2.19. The molecule has 6 nitrogen and oxygen atoms in total. The van der Waals surface area contributed by atoms with Gasteiger partial charge in [-0.25, -0.2) is 13.1 Å². The highest BCUT2D eigenvalue weighted by molar-refractivity contribution is 14.0. The van der Waals surface area contributed by atoms with Crippen LogP contribution in [-0.4, -0.2) is 52.2 Å². The van der Waals surface area contributed by atoms with Gasteiger partial charge in [-0.3, -0.25) is 4.99 Å². The van der Waals surface area contributed by atoms with Crippen LogP contribution in [0.4, 0.5) is 0 Å². The van der Waals surface area contributed by atoms with Crippen LogP contribution in [0.25, 0.3) is 0 Å². The zero-order valence-electron chi connectivity index (χ0n) is 14.7. The van der Waals surface area contributed by atoms with Gasteiger partial charge in [-0.2, -0.15) is 0 Å². The van der Waals surface area contributed by atoms with Crippen LogP contribution in [-0.2, 0) is 16.6 Å². The maximum Gasteiger partial charge on any atom is 0.213 e. The topological polar surface area (TPSA) is 73.8 Å². The maximum absolute atomic E-state index is 12.0. The van der Waals surface area contributed by atoms with Gasteiger partial charge in [0.25, 0.3) is 0 Å². The fraction of sp³-hybridized carbons (Fsp3) is 0.562. The quantitative estimate of drug-likeness (QED) is 0.331. The molecular weight excluding hydrogens is 439 g/mol. The molecule has 0 bridgehead atoms. The molecule has 8 heteroatoms. The van der Waals surface area contributed by atoms with Gasteiger partial charge in [0.2, 0.25) is 10.0 Å². The van der Waals surface area contributed by atoms with Gasteiger partial charge >= 0.3 is 0 Å². The van der Waals surface area contributed by atoms with Gasteiger partial charge in [0.05, 0.1) is 5.75 Å². The lowest BCUT2D eigenvalue weighted by Crippen LogP contribution is -2.42. The second-order valence-corrected chi connectivity index (χ2v) is 7.30. The first-order chi connectivity index (χ1) is 11.0. The van der Waals surface area contributed by atoms with Crippen molar-refractivity contribution in [3.8, 4) is 0 Å². The number of guanidine groups is 1. The van der Waals surface area contributed by atoms with Gasteiger partial charge in [0.15, 0.2) is 5.96 Å². The Hall–Kier alpha value is -0.870. The fourth-order valence-corrected chi connectivity index (χ4v) is 2.95. The average Bonchev–Trinajstić information content (AvgIpc) is 2.56. The molecule has 0 aliphatic heterocycles. The van der Waals surface area contributed by atoms with E-state index in [0.717, 1.165) is 30.9 Å². The summed E-state index contributed by atoms with van der Waals surface area (Å²) in [7, 11) is 0.341. The van der Waals surface area contributed by atoms with Crippen LogP contribution >= 0.6 is 24.0 Å². The van der Waals surface area contributed by atoms with E-state index in [1.807, 2.05) is 42.3 Å². The Morgan fingerprint density at radius 2 is 1.92 bits per heavy atom. The number of benzene rings is 1. The van der Waals surface area contributed by atoms with Crippen molar-refractivity contribution in [3.63, 3.8) is 0 Å². The molecule has 1 rings (SSSR count). The monoisotopic (exact) mass is 468 g/mol. The molecule has 0 aliphatic rings. The normalized spacial score (nSPS) is 11.7. The predicted octanol–water partition coefficient (Wildman–Crippen LogP) is 2.03. The summed E-state index contributed by atoms with van der Waals surface area (Å²) >= 11 is 0. The van der Waals surface area contributed by atoms with E-state index in [1.165, 1.54) is 0 Å². The van der Waals surface area contributed by atoms with Gasteiger partial charge in [-0.15, -0.1) is 24.0 Å². The van der Waals surface area contributed by atoms with Crippen LogP contribution < -0.4 is 10.0 Å². The van der Waals surface area contributed by atoms with E-state index in [4.69, 9.17) is 0 Å². The smallest absolute Gasteiger partial charge is 0.213 e. The number of nitrogens with one attached hydrogen (secondary N) is 2. The summed E-state index contributed by atoms with van der Waals surface area (Å²) < 4.78 is 26.6. The standard InChI is InChI=1S/C16H28N4O2S.HI/c1-4-5-12-20(3)16(17-2)18-11-13-23(21,22)19-14-15-9-7-6-8-10-15;/h6-10,19H,4-5,11-14H2,1-3H3,(H,17,18);1H. The lowest BCUT2D eigenvalue weighted by molar-refractivity contribution is 0.466. The zero-order valence-corrected chi connectivity index (χ0v) is 17.8. The highest BCUT2D eigenvalue weighted by Crippen LogP contribution is 1.99. The number of aliphatic imine (C=N–C) groups is 1. The van der Waals surface area contributed by atoms with E-state index in [0.29, 0.717) is 13.1 Å². The van der Waals surface area contributed by atoms with Gasteiger partial charge in [-0.05, 0) is 12.0 Å². The summed E-state index contributed by atoms with van der Waals surface area (Å²) in [5.41, 5.74) is 0.944. The Bertz CT molecular complexity index is 579. The largest absolute Gasteiger partial charge is 0.355 e. The third-order valence-electron chi connectivity index (χ3n) is 3.41. The van der Waals surface area contributed by atoms with Crippen LogP contribution in [0, 0.1) is 0 Å². The van der Waals surface area contributed by atoms with E-state index in [2.05, 4.69) is 22.0 Å². The summed E-state index contributed by atoms with van der Waals surface area (Å²) in [4.78, 5) is 6.18. The molecule has 0 radical (unpaired) electrons. The summed E-state index contributed by atoms with van der Waals surface area (Å²) in [5, 5.41) is 3.09. The number of nitrogens with zero attached hydrogens (tertiary/aromatic N) is 2. The van der Waals surface area contributed by atoms with Crippen LogP contribution in [0.5, 0.6) is 0 Å². The fourth-order valence-electron chi connectivity index (χ4n) is 2.04. The Kier molecular flexibility index (Phi) is 12.0. The Labute approximate surface area is 163 Å². The minimum atomic E-state index is -3.31. The molecule has 0 fully saturated rings. The maximum atomic E-state index is 12.0. The molecule has 24 heavy (non-hydrogen) atoms. The summed E-state index contributed by atoms with van der Waals surface area (Å²) in [6, 6.07) is 9.47. The average molecular weight is 468 g/mol. The minimum absolute atomic E-state index is 0. The van der Waals surface area contributed by atoms with Gasteiger partial charge in [0.1, 0.15) is 0 Å². The molecule has 0 aliphatic carbocycles. The second kappa shape index (κ2) is 12.5. The first-order valence-corrected chi connectivity index (χ1v) is 9.56. The molecule has 0 heterocycles. The molecule has 0 atom stereocenters. The van der Waals surface area contributed by atoms with Crippen LogP contribution in [0.15, 0.2) is 35.3 Å². The van der Waals surface area contributed by atoms with Crippen LogP contribution in [0.2, 0.25) is 0 Å². The number of halogens is 1. The first kappa shape index (κ1) is 23.1. The van der Waals surface area contributed by atoms with Crippen molar-refractivity contribution in [3.05, 3.63) is 35.9 Å².